The Kier molecular flexibility index (Phi) is 3.65. The fourth-order valence-electron chi connectivity index (χ4n) is 2.14. The zero-order valence-electron chi connectivity index (χ0n) is 10.8. The van der Waals surface area contributed by atoms with Crippen LogP contribution in [0.15, 0.2) is 24.3 Å². The molecule has 0 atom stereocenters. The third-order valence-corrected chi connectivity index (χ3v) is 3.32. The van der Waals surface area contributed by atoms with Gasteiger partial charge in [0.1, 0.15) is 0 Å². The van der Waals surface area contributed by atoms with Gasteiger partial charge in [0, 0.05) is 37.8 Å². The Balaban J connectivity index is 2.28. The van der Waals surface area contributed by atoms with Crippen LogP contribution in [0.1, 0.15) is 23.7 Å². The van der Waals surface area contributed by atoms with Gasteiger partial charge in [-0.1, -0.05) is 19.1 Å². The number of rotatable bonds is 3. The van der Waals surface area contributed by atoms with Crippen LogP contribution >= 0.6 is 0 Å². The molecule has 0 N–H and O–H groups in total. The maximum atomic E-state index is 11.9. The lowest BCUT2D eigenvalue weighted by Crippen LogP contribution is -2.48. The topological polar surface area (TPSA) is 40.6 Å². The van der Waals surface area contributed by atoms with E-state index in [1.807, 2.05) is 43.1 Å². The minimum atomic E-state index is 0.0972. The highest BCUT2D eigenvalue weighted by Crippen LogP contribution is 2.23. The van der Waals surface area contributed by atoms with E-state index in [9.17, 15) is 9.59 Å². The molecule has 0 aliphatic carbocycles. The van der Waals surface area contributed by atoms with Gasteiger partial charge in [0.25, 0.3) is 0 Å². The minimum absolute atomic E-state index is 0.0972. The molecule has 0 bridgehead atoms. The van der Waals surface area contributed by atoms with Gasteiger partial charge in [0.05, 0.1) is 6.54 Å². The van der Waals surface area contributed by atoms with Gasteiger partial charge >= 0.3 is 0 Å². The zero-order chi connectivity index (χ0) is 13.1. The van der Waals surface area contributed by atoms with Crippen molar-refractivity contribution in [3.63, 3.8) is 0 Å². The largest absolute Gasteiger partial charge is 0.360 e. The second-order valence-corrected chi connectivity index (χ2v) is 4.53. The van der Waals surface area contributed by atoms with E-state index in [-0.39, 0.29) is 11.7 Å². The fourth-order valence-corrected chi connectivity index (χ4v) is 2.14. The molecule has 4 nitrogen and oxygen atoms in total. The molecule has 1 aromatic carbocycles. The van der Waals surface area contributed by atoms with E-state index in [0.29, 0.717) is 19.5 Å². The highest BCUT2D eigenvalue weighted by atomic mass is 16.2. The lowest BCUT2D eigenvalue weighted by Gasteiger charge is -2.34. The number of piperazine rings is 1. The smallest absolute Gasteiger partial charge is 0.241 e. The molecule has 1 heterocycles. The summed E-state index contributed by atoms with van der Waals surface area (Å²) in [5, 5.41) is 0. The molecule has 0 saturated carbocycles. The number of hydrogen-bond acceptors (Lipinski definition) is 3. The van der Waals surface area contributed by atoms with Crippen LogP contribution in [-0.4, -0.2) is 43.3 Å². The molecule has 1 fully saturated rings. The first-order chi connectivity index (χ1) is 8.63. The van der Waals surface area contributed by atoms with Gasteiger partial charge in [0.15, 0.2) is 5.78 Å². The van der Waals surface area contributed by atoms with Gasteiger partial charge in [-0.25, -0.2) is 0 Å². The number of Topliss-reactive ketones (excluding diaryl/α,β-unsaturated/α-hetero) is 1. The number of likely N-dealkylation sites (N-methyl/N-ethyl adjacent to an activating group) is 1. The Hall–Kier alpha value is -1.84. The number of hydrogen-bond donors (Lipinski definition) is 0. The fraction of sp³-hybridized carbons (Fsp3) is 0.429. The Morgan fingerprint density at radius 2 is 2.00 bits per heavy atom. The van der Waals surface area contributed by atoms with Gasteiger partial charge < -0.3 is 9.80 Å². The molecule has 1 aromatic rings. The van der Waals surface area contributed by atoms with E-state index in [4.69, 9.17) is 0 Å². The number of benzene rings is 1. The summed E-state index contributed by atoms with van der Waals surface area (Å²) in [6.45, 7) is 3.68. The van der Waals surface area contributed by atoms with Crippen molar-refractivity contribution in [2.24, 2.45) is 0 Å². The van der Waals surface area contributed by atoms with Gasteiger partial charge in [-0.2, -0.15) is 0 Å². The molecule has 18 heavy (non-hydrogen) atoms. The second-order valence-electron chi connectivity index (χ2n) is 4.53. The van der Waals surface area contributed by atoms with Crippen molar-refractivity contribution >= 4 is 17.4 Å². The number of anilines is 1. The third-order valence-electron chi connectivity index (χ3n) is 3.32. The molecule has 0 spiro atoms. The van der Waals surface area contributed by atoms with E-state index in [0.717, 1.165) is 17.8 Å². The zero-order valence-corrected chi connectivity index (χ0v) is 10.8. The summed E-state index contributed by atoms with van der Waals surface area (Å²) in [6, 6.07) is 7.53. The monoisotopic (exact) mass is 246 g/mol. The highest BCUT2D eigenvalue weighted by Gasteiger charge is 2.23. The summed E-state index contributed by atoms with van der Waals surface area (Å²) >= 11 is 0. The van der Waals surface area contributed by atoms with Crippen molar-refractivity contribution in [3.05, 3.63) is 29.8 Å². The number of ketones is 1. The summed E-state index contributed by atoms with van der Waals surface area (Å²) in [5.41, 5.74) is 1.60. The van der Waals surface area contributed by atoms with Crippen molar-refractivity contribution in [2.45, 2.75) is 13.3 Å². The van der Waals surface area contributed by atoms with E-state index < -0.39 is 0 Å². The van der Waals surface area contributed by atoms with Crippen LogP contribution in [0.5, 0.6) is 0 Å². The molecule has 0 aromatic heterocycles. The standard InChI is InChI=1S/C14H18N2O2/c1-3-13(17)11-6-4-5-7-12(11)16-9-8-15(2)14(18)10-16/h4-7H,3,8-10H2,1-2H3. The third kappa shape index (κ3) is 2.37. The molecule has 1 aliphatic rings. The van der Waals surface area contributed by atoms with Crippen LogP contribution < -0.4 is 4.90 Å². The highest BCUT2D eigenvalue weighted by molar-refractivity contribution is 6.01. The van der Waals surface area contributed by atoms with Crippen LogP contribution in [0.4, 0.5) is 5.69 Å². The number of nitrogens with zero attached hydrogens (tertiary/aromatic N) is 2. The number of amides is 1. The Bertz CT molecular complexity index is 471. The Labute approximate surface area is 107 Å². The summed E-state index contributed by atoms with van der Waals surface area (Å²) in [5.74, 6) is 0.219. The predicted molar refractivity (Wildman–Crippen MR) is 70.9 cm³/mol. The molecule has 4 heteroatoms. The van der Waals surface area contributed by atoms with Gasteiger partial charge in [-0.3, -0.25) is 9.59 Å². The molecule has 96 valence electrons. The van der Waals surface area contributed by atoms with Crippen LogP contribution in [0.25, 0.3) is 0 Å². The van der Waals surface area contributed by atoms with Crippen molar-refractivity contribution in [1.29, 1.82) is 0 Å². The lowest BCUT2D eigenvalue weighted by atomic mass is 10.1. The van der Waals surface area contributed by atoms with Gasteiger partial charge in [-0.05, 0) is 12.1 Å². The Morgan fingerprint density at radius 3 is 2.67 bits per heavy atom. The molecule has 1 aliphatic heterocycles. The molecule has 1 amide bonds. The van der Waals surface area contributed by atoms with Crippen molar-refractivity contribution in [2.75, 3.05) is 31.6 Å². The number of carbonyl (C=O) groups is 2. The molecular formula is C14H18N2O2. The first kappa shape index (κ1) is 12.6. The summed E-state index contributed by atoms with van der Waals surface area (Å²) in [4.78, 5) is 27.3. The van der Waals surface area contributed by atoms with E-state index >= 15 is 0 Å². The van der Waals surface area contributed by atoms with Crippen molar-refractivity contribution in [1.82, 2.24) is 4.90 Å². The average Bonchev–Trinajstić information content (AvgIpc) is 2.41. The summed E-state index contributed by atoms with van der Waals surface area (Å²) in [7, 11) is 1.81. The first-order valence-corrected chi connectivity index (χ1v) is 6.24. The maximum absolute atomic E-state index is 11.9. The summed E-state index contributed by atoms with van der Waals surface area (Å²) < 4.78 is 0. The van der Waals surface area contributed by atoms with Crippen molar-refractivity contribution < 1.29 is 9.59 Å². The maximum Gasteiger partial charge on any atom is 0.241 e. The van der Waals surface area contributed by atoms with Gasteiger partial charge in [-0.15, -0.1) is 0 Å². The molecule has 1 saturated heterocycles. The minimum Gasteiger partial charge on any atom is -0.360 e. The lowest BCUT2D eigenvalue weighted by molar-refractivity contribution is -0.129. The average molecular weight is 246 g/mol. The van der Waals surface area contributed by atoms with E-state index in [1.54, 1.807) is 4.90 Å². The SMILES string of the molecule is CCC(=O)c1ccccc1N1CCN(C)C(=O)C1. The molecule has 0 unspecified atom stereocenters. The van der Waals surface area contributed by atoms with E-state index in [2.05, 4.69) is 0 Å². The quantitative estimate of drug-likeness (QED) is 0.760. The predicted octanol–water partition coefficient (Wildman–Crippen LogP) is 1.56. The van der Waals surface area contributed by atoms with Gasteiger partial charge in [0.2, 0.25) is 5.91 Å². The molecular weight excluding hydrogens is 228 g/mol. The van der Waals surface area contributed by atoms with E-state index in [1.165, 1.54) is 0 Å². The Morgan fingerprint density at radius 1 is 1.28 bits per heavy atom. The molecule has 0 radical (unpaired) electrons. The number of carbonyl (C=O) groups excluding carboxylic acids is 2. The van der Waals surface area contributed by atoms with Crippen LogP contribution in [0, 0.1) is 0 Å². The molecule has 2 rings (SSSR count). The number of para-hydroxylation sites is 1. The van der Waals surface area contributed by atoms with Crippen molar-refractivity contribution in [3.8, 4) is 0 Å². The second kappa shape index (κ2) is 5.21. The summed E-state index contributed by atoms with van der Waals surface area (Å²) in [6.07, 6.45) is 0.485. The normalized spacial score (nSPS) is 16.0. The first-order valence-electron chi connectivity index (χ1n) is 6.24. The van der Waals surface area contributed by atoms with Crippen LogP contribution in [0.3, 0.4) is 0 Å². The van der Waals surface area contributed by atoms with Crippen LogP contribution in [-0.2, 0) is 4.79 Å². The van der Waals surface area contributed by atoms with Crippen LogP contribution in [0.2, 0.25) is 0 Å².